The van der Waals surface area contributed by atoms with Gasteiger partial charge in [-0.1, -0.05) is 12.1 Å². The first-order chi connectivity index (χ1) is 9.36. The monoisotopic (exact) mass is 277 g/mol. The Bertz CT molecular complexity index is 505. The summed E-state index contributed by atoms with van der Waals surface area (Å²) in [7, 11) is 0. The van der Waals surface area contributed by atoms with Crippen LogP contribution in [0.4, 0.5) is 0 Å². The van der Waals surface area contributed by atoms with E-state index in [1.165, 1.54) is 12.8 Å². The Kier molecular flexibility index (Phi) is 3.94. The molecule has 2 aromatic heterocycles. The third-order valence-electron chi connectivity index (χ3n) is 3.49. The summed E-state index contributed by atoms with van der Waals surface area (Å²) in [5, 5.41) is 11.7. The number of nitrogens with one attached hydrogen (secondary N) is 1. The van der Waals surface area contributed by atoms with Crippen molar-refractivity contribution in [2.24, 2.45) is 5.92 Å². The van der Waals surface area contributed by atoms with Crippen LogP contribution in [0.2, 0.25) is 0 Å². The van der Waals surface area contributed by atoms with Crippen LogP contribution in [0.1, 0.15) is 32.1 Å². The molecule has 0 bridgehead atoms. The molecule has 0 saturated heterocycles. The van der Waals surface area contributed by atoms with Crippen LogP contribution in [-0.2, 0) is 6.42 Å². The van der Waals surface area contributed by atoms with Crippen LogP contribution in [0.25, 0.3) is 11.4 Å². The molecule has 1 fully saturated rings. The van der Waals surface area contributed by atoms with Gasteiger partial charge in [0.15, 0.2) is 0 Å². The second-order valence-corrected chi connectivity index (χ2v) is 5.91. The van der Waals surface area contributed by atoms with Crippen LogP contribution in [0, 0.1) is 5.92 Å². The fraction of sp³-hybridized carbons (Fsp3) is 0.571. The molecule has 4 nitrogen and oxygen atoms in total. The molecule has 102 valence electrons. The summed E-state index contributed by atoms with van der Waals surface area (Å²) in [6, 6.07) is 2.52. The van der Waals surface area contributed by atoms with Crippen molar-refractivity contribution in [3.05, 3.63) is 22.7 Å². The molecule has 0 radical (unpaired) electrons. The van der Waals surface area contributed by atoms with Crippen molar-refractivity contribution < 1.29 is 4.52 Å². The lowest BCUT2D eigenvalue weighted by molar-refractivity contribution is 0.346. The molecule has 1 atom stereocenters. The van der Waals surface area contributed by atoms with Crippen LogP contribution in [0.5, 0.6) is 0 Å². The Hall–Kier alpha value is -1.20. The molecule has 0 spiro atoms. The molecule has 1 aliphatic rings. The Balaban J connectivity index is 1.65. The van der Waals surface area contributed by atoms with Crippen LogP contribution in [0.3, 0.4) is 0 Å². The third-order valence-corrected chi connectivity index (χ3v) is 4.17. The normalized spacial score (nSPS) is 16.7. The molecule has 1 aliphatic carbocycles. The Morgan fingerprint density at radius 2 is 2.42 bits per heavy atom. The average molecular weight is 277 g/mol. The summed E-state index contributed by atoms with van der Waals surface area (Å²) >= 11 is 1.65. The van der Waals surface area contributed by atoms with E-state index in [2.05, 4.69) is 22.4 Å². The molecule has 2 aromatic rings. The van der Waals surface area contributed by atoms with Gasteiger partial charge >= 0.3 is 0 Å². The summed E-state index contributed by atoms with van der Waals surface area (Å²) in [6.45, 7) is 3.25. The minimum atomic E-state index is 0.496. The fourth-order valence-corrected chi connectivity index (χ4v) is 2.90. The van der Waals surface area contributed by atoms with Gasteiger partial charge in [-0.2, -0.15) is 16.3 Å². The third kappa shape index (κ3) is 3.22. The first-order valence-electron chi connectivity index (χ1n) is 6.95. The van der Waals surface area contributed by atoms with Gasteiger partial charge in [-0.05, 0) is 43.2 Å². The lowest BCUT2D eigenvalue weighted by Gasteiger charge is -2.15. The Labute approximate surface area is 117 Å². The van der Waals surface area contributed by atoms with E-state index in [1.807, 2.05) is 16.8 Å². The number of nitrogens with zero attached hydrogens (tertiary/aromatic N) is 2. The maximum absolute atomic E-state index is 5.38. The Morgan fingerprint density at radius 1 is 1.53 bits per heavy atom. The number of hydrogen-bond acceptors (Lipinski definition) is 5. The van der Waals surface area contributed by atoms with Crippen LogP contribution >= 0.6 is 11.3 Å². The molecule has 1 unspecified atom stereocenters. The van der Waals surface area contributed by atoms with Crippen molar-refractivity contribution in [1.29, 1.82) is 0 Å². The number of hydrogen-bond donors (Lipinski definition) is 1. The van der Waals surface area contributed by atoms with Crippen LogP contribution in [0.15, 0.2) is 21.3 Å². The largest absolute Gasteiger partial charge is 0.339 e. The Morgan fingerprint density at radius 3 is 3.11 bits per heavy atom. The average Bonchev–Trinajstić information content (AvgIpc) is 2.93. The second-order valence-electron chi connectivity index (χ2n) is 5.13. The topological polar surface area (TPSA) is 51.0 Å². The fourth-order valence-electron chi connectivity index (χ4n) is 2.27. The number of rotatable bonds is 7. The quantitative estimate of drug-likeness (QED) is 0.845. The van der Waals surface area contributed by atoms with E-state index >= 15 is 0 Å². The highest BCUT2D eigenvalue weighted by Crippen LogP contribution is 2.34. The highest BCUT2D eigenvalue weighted by atomic mass is 32.1. The van der Waals surface area contributed by atoms with Gasteiger partial charge in [0, 0.05) is 23.4 Å². The first-order valence-corrected chi connectivity index (χ1v) is 7.89. The number of thiophene rings is 1. The minimum Gasteiger partial charge on any atom is -0.339 e. The predicted molar refractivity (Wildman–Crippen MR) is 76.1 cm³/mol. The molecule has 1 N–H and O–H groups in total. The van der Waals surface area contributed by atoms with Crippen molar-refractivity contribution >= 4 is 11.3 Å². The van der Waals surface area contributed by atoms with Crippen molar-refractivity contribution in [2.45, 2.75) is 38.6 Å². The molecule has 0 amide bonds. The minimum absolute atomic E-state index is 0.496. The molecule has 1 saturated carbocycles. The molecule has 19 heavy (non-hydrogen) atoms. The summed E-state index contributed by atoms with van der Waals surface area (Å²) < 4.78 is 5.38. The molecule has 2 heterocycles. The van der Waals surface area contributed by atoms with E-state index in [-0.39, 0.29) is 0 Å². The summed E-state index contributed by atoms with van der Waals surface area (Å²) in [5.41, 5.74) is 1.05. The smallest absolute Gasteiger partial charge is 0.228 e. The van der Waals surface area contributed by atoms with Crippen molar-refractivity contribution in [2.75, 3.05) is 6.54 Å². The van der Waals surface area contributed by atoms with E-state index in [1.54, 1.807) is 11.3 Å². The molecule has 5 heteroatoms. The predicted octanol–water partition coefficient (Wildman–Crippen LogP) is 3.12. The van der Waals surface area contributed by atoms with Crippen LogP contribution in [-0.4, -0.2) is 22.7 Å². The van der Waals surface area contributed by atoms with Crippen LogP contribution < -0.4 is 5.32 Å². The number of aromatic nitrogens is 2. The van der Waals surface area contributed by atoms with Gasteiger partial charge < -0.3 is 9.84 Å². The molecule has 0 aromatic carbocycles. The summed E-state index contributed by atoms with van der Waals surface area (Å²) in [5.74, 6) is 2.26. The highest BCUT2D eigenvalue weighted by Gasteiger charge is 2.32. The molecule has 0 aliphatic heterocycles. The van der Waals surface area contributed by atoms with Gasteiger partial charge in [-0.15, -0.1) is 0 Å². The maximum atomic E-state index is 5.38. The zero-order chi connectivity index (χ0) is 13.1. The van der Waals surface area contributed by atoms with E-state index in [0.29, 0.717) is 11.9 Å². The lowest BCUT2D eigenvalue weighted by Crippen LogP contribution is -2.33. The van der Waals surface area contributed by atoms with E-state index in [4.69, 9.17) is 4.52 Å². The van der Waals surface area contributed by atoms with Gasteiger partial charge in [-0.3, -0.25) is 0 Å². The van der Waals surface area contributed by atoms with Gasteiger partial charge in [0.1, 0.15) is 0 Å². The van der Waals surface area contributed by atoms with E-state index in [9.17, 15) is 0 Å². The first kappa shape index (κ1) is 12.8. The zero-order valence-corrected chi connectivity index (χ0v) is 11.9. The summed E-state index contributed by atoms with van der Waals surface area (Å²) in [6.07, 6.45) is 4.66. The lowest BCUT2D eigenvalue weighted by atomic mass is 10.1. The van der Waals surface area contributed by atoms with E-state index in [0.717, 1.165) is 36.8 Å². The van der Waals surface area contributed by atoms with Crippen molar-refractivity contribution in [3.63, 3.8) is 0 Å². The zero-order valence-electron chi connectivity index (χ0n) is 11.1. The molecular formula is C14H19N3OS. The standard InChI is InChI=1S/C14H19N3OS/c1-2-6-15-12(10-3-4-10)8-13-16-14(17-18-13)11-5-7-19-9-11/h5,7,9-10,12,15H,2-4,6,8H2,1H3. The van der Waals surface area contributed by atoms with Gasteiger partial charge in [0.05, 0.1) is 0 Å². The van der Waals surface area contributed by atoms with Crippen molar-refractivity contribution in [1.82, 2.24) is 15.5 Å². The second kappa shape index (κ2) is 5.84. The maximum Gasteiger partial charge on any atom is 0.228 e. The molecular weight excluding hydrogens is 258 g/mol. The van der Waals surface area contributed by atoms with Gasteiger partial charge in [-0.25, -0.2) is 0 Å². The van der Waals surface area contributed by atoms with Gasteiger partial charge in [0.25, 0.3) is 0 Å². The van der Waals surface area contributed by atoms with Gasteiger partial charge in [0.2, 0.25) is 11.7 Å². The summed E-state index contributed by atoms with van der Waals surface area (Å²) in [4.78, 5) is 4.50. The molecule has 3 rings (SSSR count). The van der Waals surface area contributed by atoms with E-state index < -0.39 is 0 Å². The SMILES string of the molecule is CCCNC(Cc1nc(-c2ccsc2)no1)C1CC1. The highest BCUT2D eigenvalue weighted by molar-refractivity contribution is 7.08. The van der Waals surface area contributed by atoms with Crippen molar-refractivity contribution in [3.8, 4) is 11.4 Å².